The first-order valence-electron chi connectivity index (χ1n) is 9.88. The van der Waals surface area contributed by atoms with Gasteiger partial charge in [0.1, 0.15) is 5.75 Å². The lowest BCUT2D eigenvalue weighted by atomic mass is 10.2. The van der Waals surface area contributed by atoms with E-state index >= 15 is 0 Å². The van der Waals surface area contributed by atoms with Crippen LogP contribution in [-0.4, -0.2) is 30.4 Å². The van der Waals surface area contributed by atoms with Crippen LogP contribution in [0, 0.1) is 6.92 Å². The van der Waals surface area contributed by atoms with E-state index in [9.17, 15) is 9.59 Å². The molecule has 0 fully saturated rings. The first-order chi connectivity index (χ1) is 15.9. The van der Waals surface area contributed by atoms with Crippen LogP contribution in [0.3, 0.4) is 0 Å². The molecule has 0 atom stereocenters. The zero-order valence-electron chi connectivity index (χ0n) is 17.7. The second kappa shape index (κ2) is 12.3. The number of nitrogens with one attached hydrogen (secondary N) is 2. The Hall–Kier alpha value is -3.00. The number of rotatable bonds is 9. The van der Waals surface area contributed by atoms with Gasteiger partial charge in [0, 0.05) is 15.6 Å². The third-order valence-corrected chi connectivity index (χ3v) is 5.80. The molecule has 0 bridgehead atoms. The van der Waals surface area contributed by atoms with Crippen LogP contribution in [0.25, 0.3) is 0 Å². The van der Waals surface area contributed by atoms with Gasteiger partial charge in [-0.2, -0.15) is 5.10 Å². The van der Waals surface area contributed by atoms with Crippen molar-refractivity contribution >= 4 is 58.7 Å². The van der Waals surface area contributed by atoms with Gasteiger partial charge in [0.05, 0.1) is 17.0 Å². The van der Waals surface area contributed by atoms with Crippen LogP contribution >= 0.6 is 35.0 Å². The molecule has 33 heavy (non-hydrogen) atoms. The van der Waals surface area contributed by atoms with Gasteiger partial charge in [-0.3, -0.25) is 9.59 Å². The van der Waals surface area contributed by atoms with Crippen LogP contribution in [0.1, 0.15) is 11.1 Å². The smallest absolute Gasteiger partial charge is 0.262 e. The molecule has 0 heterocycles. The van der Waals surface area contributed by atoms with Crippen molar-refractivity contribution in [2.75, 3.05) is 17.7 Å². The highest BCUT2D eigenvalue weighted by molar-refractivity contribution is 8.00. The Morgan fingerprint density at radius 1 is 1.00 bits per heavy atom. The van der Waals surface area contributed by atoms with Crippen LogP contribution in [0.5, 0.6) is 5.75 Å². The number of carbonyl (C=O) groups excluding carboxylic acids is 2. The van der Waals surface area contributed by atoms with Crippen molar-refractivity contribution in [2.45, 2.75) is 11.8 Å². The van der Waals surface area contributed by atoms with Gasteiger partial charge in [-0.1, -0.05) is 40.9 Å². The molecule has 170 valence electrons. The number of aryl methyl sites for hydroxylation is 1. The quantitative estimate of drug-likeness (QED) is 0.228. The standard InChI is InChI=1S/C24H21Cl2N3O3S/c1-16-2-7-19(8-3-16)28-23(30)14-32-22-11-4-17(12-21(22)26)13-27-29-24(31)15-33-20-9-5-18(25)6-10-20/h2-13H,14-15H2,1H3,(H,28,30)(H,29,31)/b27-13-. The lowest BCUT2D eigenvalue weighted by Crippen LogP contribution is -2.20. The van der Waals surface area contributed by atoms with Crippen LogP contribution in [0.4, 0.5) is 5.69 Å². The van der Waals surface area contributed by atoms with Gasteiger partial charge in [-0.05, 0) is 67.1 Å². The third kappa shape index (κ3) is 8.46. The van der Waals surface area contributed by atoms with Crippen molar-refractivity contribution in [3.63, 3.8) is 0 Å². The fourth-order valence-corrected chi connectivity index (χ4v) is 3.64. The number of carbonyl (C=O) groups is 2. The number of nitrogens with zero attached hydrogens (tertiary/aromatic N) is 1. The SMILES string of the molecule is Cc1ccc(NC(=O)COc2ccc(/C=N\NC(=O)CSc3ccc(Cl)cc3)cc2Cl)cc1. The summed E-state index contributed by atoms with van der Waals surface area (Å²) >= 11 is 13.5. The summed E-state index contributed by atoms with van der Waals surface area (Å²) in [6.45, 7) is 1.80. The van der Waals surface area contributed by atoms with Crippen molar-refractivity contribution in [3.05, 3.63) is 87.9 Å². The molecule has 3 aromatic rings. The van der Waals surface area contributed by atoms with Gasteiger partial charge >= 0.3 is 0 Å². The molecule has 9 heteroatoms. The molecule has 0 radical (unpaired) electrons. The molecule has 0 aliphatic carbocycles. The first-order valence-corrected chi connectivity index (χ1v) is 11.6. The molecule has 3 rings (SSSR count). The number of hydrazone groups is 1. The number of ether oxygens (including phenoxy) is 1. The lowest BCUT2D eigenvalue weighted by molar-refractivity contribution is -0.119. The van der Waals surface area contributed by atoms with Crippen LogP contribution in [0.2, 0.25) is 10.0 Å². The molecule has 2 N–H and O–H groups in total. The van der Waals surface area contributed by atoms with Gasteiger partial charge in [0.25, 0.3) is 5.91 Å². The summed E-state index contributed by atoms with van der Waals surface area (Å²) in [5.41, 5.74) is 4.94. The predicted octanol–water partition coefficient (Wildman–Crippen LogP) is 5.56. The number of hydrogen-bond donors (Lipinski definition) is 2. The molecule has 0 aliphatic rings. The average Bonchev–Trinajstić information content (AvgIpc) is 2.80. The van der Waals surface area contributed by atoms with Crippen LogP contribution in [-0.2, 0) is 9.59 Å². The zero-order valence-corrected chi connectivity index (χ0v) is 20.0. The summed E-state index contributed by atoms with van der Waals surface area (Å²) in [4.78, 5) is 24.9. The minimum Gasteiger partial charge on any atom is -0.482 e. The maximum Gasteiger partial charge on any atom is 0.262 e. The maximum atomic E-state index is 12.1. The van der Waals surface area contributed by atoms with E-state index in [4.69, 9.17) is 27.9 Å². The van der Waals surface area contributed by atoms with E-state index in [1.54, 1.807) is 30.3 Å². The molecular formula is C24H21Cl2N3O3S. The number of benzene rings is 3. The summed E-state index contributed by atoms with van der Waals surface area (Å²) in [5.74, 6) is 0.0600. The summed E-state index contributed by atoms with van der Waals surface area (Å²) < 4.78 is 5.50. The second-order valence-corrected chi connectivity index (χ2v) is 8.82. The minimum atomic E-state index is -0.292. The number of halogens is 2. The Balaban J connectivity index is 1.43. The van der Waals surface area contributed by atoms with Crippen molar-refractivity contribution in [2.24, 2.45) is 5.10 Å². The Labute approximate surface area is 206 Å². The number of thioether (sulfide) groups is 1. The normalized spacial score (nSPS) is 10.8. The summed E-state index contributed by atoms with van der Waals surface area (Å²) in [6.07, 6.45) is 1.48. The van der Waals surface area contributed by atoms with Crippen molar-refractivity contribution in [1.29, 1.82) is 0 Å². The number of amides is 2. The van der Waals surface area contributed by atoms with Gasteiger partial charge in [-0.15, -0.1) is 11.8 Å². The van der Waals surface area contributed by atoms with Gasteiger partial charge in [0.2, 0.25) is 5.91 Å². The van der Waals surface area contributed by atoms with Crippen LogP contribution < -0.4 is 15.5 Å². The van der Waals surface area contributed by atoms with E-state index in [1.165, 1.54) is 18.0 Å². The Bertz CT molecular complexity index is 1140. The molecule has 0 aliphatic heterocycles. The zero-order chi connectivity index (χ0) is 23.6. The third-order valence-electron chi connectivity index (χ3n) is 4.24. The maximum absolute atomic E-state index is 12.1. The first kappa shape index (κ1) is 24.6. The Morgan fingerprint density at radius 2 is 1.73 bits per heavy atom. The predicted molar refractivity (Wildman–Crippen MR) is 135 cm³/mol. The molecule has 2 amide bonds. The summed E-state index contributed by atoms with van der Waals surface area (Å²) in [6, 6.07) is 19.7. The molecule has 0 unspecified atom stereocenters. The van der Waals surface area contributed by atoms with E-state index in [-0.39, 0.29) is 24.2 Å². The number of hydrogen-bond acceptors (Lipinski definition) is 5. The monoisotopic (exact) mass is 501 g/mol. The minimum absolute atomic E-state index is 0.178. The fourth-order valence-electron chi connectivity index (χ4n) is 2.58. The fraction of sp³-hybridized carbons (Fsp3) is 0.125. The van der Waals surface area contributed by atoms with Crippen molar-refractivity contribution in [1.82, 2.24) is 5.43 Å². The highest BCUT2D eigenvalue weighted by Crippen LogP contribution is 2.25. The van der Waals surface area contributed by atoms with Gasteiger partial charge in [-0.25, -0.2) is 5.43 Å². The van der Waals surface area contributed by atoms with E-state index in [2.05, 4.69) is 15.8 Å². The largest absolute Gasteiger partial charge is 0.482 e. The molecule has 6 nitrogen and oxygen atoms in total. The highest BCUT2D eigenvalue weighted by Gasteiger charge is 2.07. The molecule has 0 spiro atoms. The van der Waals surface area contributed by atoms with E-state index in [1.807, 2.05) is 43.3 Å². The van der Waals surface area contributed by atoms with E-state index < -0.39 is 0 Å². The Kier molecular flexibility index (Phi) is 9.18. The molecule has 0 saturated carbocycles. The van der Waals surface area contributed by atoms with Crippen molar-refractivity contribution < 1.29 is 14.3 Å². The molecule has 0 aromatic heterocycles. The highest BCUT2D eigenvalue weighted by atomic mass is 35.5. The molecular weight excluding hydrogens is 481 g/mol. The average molecular weight is 502 g/mol. The van der Waals surface area contributed by atoms with Crippen molar-refractivity contribution in [3.8, 4) is 5.75 Å². The van der Waals surface area contributed by atoms with E-state index in [0.29, 0.717) is 27.0 Å². The Morgan fingerprint density at radius 3 is 2.42 bits per heavy atom. The van der Waals surface area contributed by atoms with Gasteiger partial charge < -0.3 is 10.1 Å². The lowest BCUT2D eigenvalue weighted by Gasteiger charge is -2.09. The summed E-state index contributed by atoms with van der Waals surface area (Å²) in [7, 11) is 0. The van der Waals surface area contributed by atoms with E-state index in [0.717, 1.165) is 10.5 Å². The van der Waals surface area contributed by atoms with Gasteiger partial charge in [0.15, 0.2) is 6.61 Å². The topological polar surface area (TPSA) is 79.8 Å². The second-order valence-electron chi connectivity index (χ2n) is 6.93. The molecule has 0 saturated heterocycles. The van der Waals surface area contributed by atoms with Crippen LogP contribution in [0.15, 0.2) is 76.7 Å². The molecule has 3 aromatic carbocycles. The number of anilines is 1. The summed E-state index contributed by atoms with van der Waals surface area (Å²) in [5, 5.41) is 7.67.